The first-order chi connectivity index (χ1) is 12.4. The van der Waals surface area contributed by atoms with E-state index in [1.807, 2.05) is 0 Å². The second-order valence-corrected chi connectivity index (χ2v) is 6.20. The van der Waals surface area contributed by atoms with Gasteiger partial charge in [0.2, 0.25) is 0 Å². The third kappa shape index (κ3) is 3.40. The van der Waals surface area contributed by atoms with Gasteiger partial charge in [-0.05, 0) is 24.3 Å². The molecular formula is C17H12Cl2N4O3. The number of fused-ring (bicyclic) bond motifs is 1. The molecule has 9 heteroatoms. The highest BCUT2D eigenvalue weighted by Crippen LogP contribution is 2.20. The van der Waals surface area contributed by atoms with Crippen LogP contribution in [0.2, 0.25) is 10.0 Å². The van der Waals surface area contributed by atoms with Crippen LogP contribution in [0.4, 0.5) is 0 Å². The Bertz CT molecular complexity index is 1100. The maximum Gasteiger partial charge on any atom is 0.290 e. The number of aromatic nitrogens is 2. The summed E-state index contributed by atoms with van der Waals surface area (Å²) >= 11 is 11.8. The van der Waals surface area contributed by atoms with Crippen molar-refractivity contribution in [2.75, 3.05) is 0 Å². The van der Waals surface area contributed by atoms with Gasteiger partial charge in [-0.3, -0.25) is 25.2 Å². The van der Waals surface area contributed by atoms with Gasteiger partial charge >= 0.3 is 0 Å². The zero-order valence-electron chi connectivity index (χ0n) is 13.4. The molecule has 0 fully saturated rings. The predicted molar refractivity (Wildman–Crippen MR) is 98.4 cm³/mol. The third-order valence-electron chi connectivity index (χ3n) is 3.64. The average Bonchev–Trinajstić information content (AvgIpc) is 2.62. The quantitative estimate of drug-likeness (QED) is 0.656. The van der Waals surface area contributed by atoms with Gasteiger partial charge in [0.1, 0.15) is 0 Å². The van der Waals surface area contributed by atoms with E-state index in [9.17, 15) is 14.4 Å². The molecule has 0 aliphatic heterocycles. The van der Waals surface area contributed by atoms with Crippen molar-refractivity contribution in [1.29, 1.82) is 0 Å². The number of amides is 2. The van der Waals surface area contributed by atoms with Crippen molar-refractivity contribution >= 4 is 45.8 Å². The fraction of sp³-hybridized carbons (Fsp3) is 0.0588. The number of hydrazine groups is 1. The van der Waals surface area contributed by atoms with Gasteiger partial charge in [-0.1, -0.05) is 41.4 Å². The molecule has 0 unspecified atom stereocenters. The van der Waals surface area contributed by atoms with Crippen molar-refractivity contribution < 1.29 is 9.59 Å². The number of nitrogens with zero attached hydrogens (tertiary/aromatic N) is 2. The normalized spacial score (nSPS) is 10.6. The topological polar surface area (TPSA) is 93.1 Å². The number of hydrogen-bond acceptors (Lipinski definition) is 4. The van der Waals surface area contributed by atoms with Crippen molar-refractivity contribution in [2.24, 2.45) is 7.05 Å². The van der Waals surface area contributed by atoms with Crippen LogP contribution in [0.3, 0.4) is 0 Å². The summed E-state index contributed by atoms with van der Waals surface area (Å²) in [6.07, 6.45) is 0. The Labute approximate surface area is 157 Å². The summed E-state index contributed by atoms with van der Waals surface area (Å²) in [5.74, 6) is -1.29. The van der Waals surface area contributed by atoms with E-state index < -0.39 is 11.8 Å². The molecule has 0 saturated heterocycles. The van der Waals surface area contributed by atoms with Gasteiger partial charge < -0.3 is 0 Å². The molecule has 26 heavy (non-hydrogen) atoms. The Morgan fingerprint density at radius 2 is 1.65 bits per heavy atom. The maximum absolute atomic E-state index is 12.4. The lowest BCUT2D eigenvalue weighted by atomic mass is 10.1. The van der Waals surface area contributed by atoms with Crippen LogP contribution < -0.4 is 16.4 Å². The number of benzene rings is 2. The monoisotopic (exact) mass is 390 g/mol. The van der Waals surface area contributed by atoms with E-state index >= 15 is 0 Å². The molecule has 0 atom stereocenters. The van der Waals surface area contributed by atoms with E-state index in [1.165, 1.54) is 25.2 Å². The smallest absolute Gasteiger partial charge is 0.267 e. The first-order valence-corrected chi connectivity index (χ1v) is 8.16. The van der Waals surface area contributed by atoms with E-state index in [1.54, 1.807) is 24.3 Å². The molecule has 1 aromatic heterocycles. The molecule has 1 heterocycles. The lowest BCUT2D eigenvalue weighted by Gasteiger charge is -2.10. The highest BCUT2D eigenvalue weighted by atomic mass is 35.5. The summed E-state index contributed by atoms with van der Waals surface area (Å²) in [4.78, 5) is 36.7. The van der Waals surface area contributed by atoms with Crippen LogP contribution in [0.5, 0.6) is 0 Å². The highest BCUT2D eigenvalue weighted by molar-refractivity contribution is 6.36. The van der Waals surface area contributed by atoms with E-state index in [2.05, 4.69) is 16.0 Å². The molecule has 3 aromatic rings. The van der Waals surface area contributed by atoms with Crippen LogP contribution in [0.1, 0.15) is 20.8 Å². The summed E-state index contributed by atoms with van der Waals surface area (Å²) in [5.41, 5.74) is 4.36. The predicted octanol–water partition coefficient (Wildman–Crippen LogP) is 2.32. The number of carbonyl (C=O) groups is 2. The van der Waals surface area contributed by atoms with E-state index in [-0.39, 0.29) is 21.8 Å². The Morgan fingerprint density at radius 1 is 1.00 bits per heavy atom. The minimum atomic E-state index is -0.671. The van der Waals surface area contributed by atoms with Crippen LogP contribution in [-0.2, 0) is 7.05 Å². The van der Waals surface area contributed by atoms with Crippen LogP contribution in [0, 0.1) is 0 Å². The second-order valence-electron chi connectivity index (χ2n) is 5.36. The molecule has 7 nitrogen and oxygen atoms in total. The largest absolute Gasteiger partial charge is 0.290 e. The van der Waals surface area contributed by atoms with Crippen molar-refractivity contribution in [2.45, 2.75) is 0 Å². The van der Waals surface area contributed by atoms with Gasteiger partial charge in [0.25, 0.3) is 17.4 Å². The van der Waals surface area contributed by atoms with Crippen molar-refractivity contribution in [1.82, 2.24) is 20.6 Å². The van der Waals surface area contributed by atoms with Gasteiger partial charge in [0.05, 0.1) is 16.0 Å². The van der Waals surface area contributed by atoms with Crippen molar-refractivity contribution in [3.05, 3.63) is 74.1 Å². The van der Waals surface area contributed by atoms with E-state index in [0.29, 0.717) is 15.8 Å². The zero-order chi connectivity index (χ0) is 18.8. The lowest BCUT2D eigenvalue weighted by molar-refractivity contribution is 0.0844. The van der Waals surface area contributed by atoms with Crippen LogP contribution in [-0.4, -0.2) is 21.6 Å². The van der Waals surface area contributed by atoms with E-state index in [0.717, 1.165) is 4.68 Å². The minimum Gasteiger partial charge on any atom is -0.267 e. The van der Waals surface area contributed by atoms with Gasteiger partial charge in [0, 0.05) is 17.5 Å². The maximum atomic E-state index is 12.4. The van der Waals surface area contributed by atoms with Crippen LogP contribution in [0.15, 0.2) is 47.3 Å². The average molecular weight is 391 g/mol. The van der Waals surface area contributed by atoms with E-state index in [4.69, 9.17) is 23.2 Å². The van der Waals surface area contributed by atoms with Gasteiger partial charge in [-0.15, -0.1) is 0 Å². The molecule has 0 aliphatic carbocycles. The first-order valence-electron chi connectivity index (χ1n) is 7.40. The number of nitrogens with one attached hydrogen (secondary N) is 2. The SMILES string of the molecule is Cn1nc(C(=O)NNC(=O)c2ccc(Cl)cc2Cl)c2ccccc2c1=O. The summed E-state index contributed by atoms with van der Waals surface area (Å²) in [6, 6.07) is 10.9. The second kappa shape index (κ2) is 7.15. The summed E-state index contributed by atoms with van der Waals surface area (Å²) in [5, 5.41) is 5.24. The van der Waals surface area contributed by atoms with Gasteiger partial charge in [-0.2, -0.15) is 5.10 Å². The van der Waals surface area contributed by atoms with Gasteiger partial charge in [-0.25, -0.2) is 4.68 Å². The summed E-state index contributed by atoms with van der Waals surface area (Å²) < 4.78 is 1.06. The fourth-order valence-electron chi connectivity index (χ4n) is 2.38. The Balaban J connectivity index is 1.85. The number of rotatable bonds is 2. The number of aryl methyl sites for hydroxylation is 1. The molecule has 0 aliphatic rings. The Hall–Kier alpha value is -2.90. The number of carbonyl (C=O) groups excluding carboxylic acids is 2. The molecule has 0 spiro atoms. The van der Waals surface area contributed by atoms with Crippen LogP contribution in [0.25, 0.3) is 10.8 Å². The molecule has 132 valence electrons. The lowest BCUT2D eigenvalue weighted by Crippen LogP contribution is -2.42. The molecule has 3 rings (SSSR count). The van der Waals surface area contributed by atoms with Crippen molar-refractivity contribution in [3.8, 4) is 0 Å². The first kappa shape index (κ1) is 17.9. The fourth-order valence-corrected chi connectivity index (χ4v) is 2.88. The molecular weight excluding hydrogens is 379 g/mol. The van der Waals surface area contributed by atoms with Crippen LogP contribution >= 0.6 is 23.2 Å². The van der Waals surface area contributed by atoms with Crippen molar-refractivity contribution in [3.63, 3.8) is 0 Å². The highest BCUT2D eigenvalue weighted by Gasteiger charge is 2.17. The number of hydrogen-bond donors (Lipinski definition) is 2. The number of halogens is 2. The molecule has 2 amide bonds. The minimum absolute atomic E-state index is 0.00482. The molecule has 2 aromatic carbocycles. The Kier molecular flexibility index (Phi) is 4.92. The molecule has 0 saturated carbocycles. The summed E-state index contributed by atoms with van der Waals surface area (Å²) in [6.45, 7) is 0. The molecule has 0 radical (unpaired) electrons. The standard InChI is InChI=1S/C17H12Cl2N4O3/c1-23-17(26)11-5-3-2-4-10(11)14(22-23)16(25)21-20-15(24)12-7-6-9(18)8-13(12)19/h2-8H,1H3,(H,20,24)(H,21,25). The van der Waals surface area contributed by atoms with Gasteiger partial charge in [0.15, 0.2) is 5.69 Å². The Morgan fingerprint density at radius 3 is 2.35 bits per heavy atom. The molecule has 2 N–H and O–H groups in total. The zero-order valence-corrected chi connectivity index (χ0v) is 14.9. The molecule has 0 bridgehead atoms. The third-order valence-corrected chi connectivity index (χ3v) is 4.18. The summed E-state index contributed by atoms with van der Waals surface area (Å²) in [7, 11) is 1.44.